The van der Waals surface area contributed by atoms with Crippen LogP contribution in [0.25, 0.3) is 0 Å². The van der Waals surface area contributed by atoms with E-state index in [1.54, 1.807) is 31.2 Å². The van der Waals surface area contributed by atoms with Gasteiger partial charge in [0, 0.05) is 26.8 Å². The molecule has 0 bridgehead atoms. The Hall–Kier alpha value is -2.15. The van der Waals surface area contributed by atoms with Crippen molar-refractivity contribution in [1.82, 2.24) is 15.2 Å². The molecule has 1 aromatic heterocycles. The monoisotopic (exact) mass is 307 g/mol. The molecule has 1 aliphatic rings. The number of methoxy groups -OCH3 is 1. The fourth-order valence-electron chi connectivity index (χ4n) is 3.01. The molecule has 0 saturated carbocycles. The minimum atomic E-state index is -0.668. The molecule has 2 rings (SSSR count). The first-order valence-corrected chi connectivity index (χ1v) is 7.23. The van der Waals surface area contributed by atoms with Gasteiger partial charge in [0.05, 0.1) is 18.6 Å². The van der Waals surface area contributed by atoms with E-state index in [4.69, 9.17) is 4.74 Å². The maximum atomic E-state index is 12.7. The summed E-state index contributed by atoms with van der Waals surface area (Å²) in [6, 6.07) is 4.46. The number of pyridine rings is 1. The SMILES string of the molecule is CNC(=O)C[C@]1(COC)CCCN1C(=O)c1cccc(=O)[nH]1. The minimum Gasteiger partial charge on any atom is -0.382 e. The minimum absolute atomic E-state index is 0.140. The third-order valence-corrected chi connectivity index (χ3v) is 4.02. The van der Waals surface area contributed by atoms with Crippen molar-refractivity contribution < 1.29 is 14.3 Å². The first-order chi connectivity index (χ1) is 10.5. The van der Waals surface area contributed by atoms with E-state index in [-0.39, 0.29) is 36.1 Å². The summed E-state index contributed by atoms with van der Waals surface area (Å²) in [6.07, 6.45) is 1.67. The van der Waals surface area contributed by atoms with Gasteiger partial charge in [-0.3, -0.25) is 14.4 Å². The number of ether oxygens (including phenoxy) is 1. The molecule has 1 atom stereocenters. The standard InChI is InChI=1S/C15H21N3O4/c1-16-13(20)9-15(10-22-2)7-4-8-18(15)14(21)11-5-3-6-12(19)17-11/h3,5-6H,4,7-10H2,1-2H3,(H,16,20)(H,17,19)/t15-/m0/s1. The van der Waals surface area contributed by atoms with Crippen LogP contribution in [-0.2, 0) is 9.53 Å². The topological polar surface area (TPSA) is 91.5 Å². The Labute approximate surface area is 128 Å². The lowest BCUT2D eigenvalue weighted by Gasteiger charge is -2.37. The highest BCUT2D eigenvalue weighted by Gasteiger charge is 2.45. The van der Waals surface area contributed by atoms with Crippen LogP contribution in [0, 0.1) is 0 Å². The molecule has 1 aromatic rings. The molecule has 7 nitrogen and oxygen atoms in total. The highest BCUT2D eigenvalue weighted by atomic mass is 16.5. The summed E-state index contributed by atoms with van der Waals surface area (Å²) in [5.74, 6) is -0.422. The number of nitrogens with zero attached hydrogens (tertiary/aromatic N) is 1. The first kappa shape index (κ1) is 16.2. The molecule has 2 heterocycles. The summed E-state index contributed by atoms with van der Waals surface area (Å²) in [6.45, 7) is 0.819. The number of likely N-dealkylation sites (tertiary alicyclic amines) is 1. The van der Waals surface area contributed by atoms with E-state index in [2.05, 4.69) is 10.3 Å². The molecular weight excluding hydrogens is 286 g/mol. The quantitative estimate of drug-likeness (QED) is 0.809. The van der Waals surface area contributed by atoms with Gasteiger partial charge in [0.1, 0.15) is 5.69 Å². The Balaban J connectivity index is 2.31. The average Bonchev–Trinajstić information content (AvgIpc) is 2.90. The Morgan fingerprint density at radius 3 is 2.86 bits per heavy atom. The largest absolute Gasteiger partial charge is 0.382 e. The van der Waals surface area contributed by atoms with Crippen LogP contribution in [0.2, 0.25) is 0 Å². The molecule has 1 saturated heterocycles. The van der Waals surface area contributed by atoms with E-state index in [0.717, 1.165) is 6.42 Å². The van der Waals surface area contributed by atoms with Gasteiger partial charge in [0.15, 0.2) is 0 Å². The molecule has 2 N–H and O–H groups in total. The second-order valence-corrected chi connectivity index (χ2v) is 5.50. The van der Waals surface area contributed by atoms with Crippen molar-refractivity contribution in [2.24, 2.45) is 0 Å². The lowest BCUT2D eigenvalue weighted by atomic mass is 9.92. The Bertz CT molecular complexity index is 613. The van der Waals surface area contributed by atoms with Crippen molar-refractivity contribution in [3.63, 3.8) is 0 Å². The highest BCUT2D eigenvalue weighted by Crippen LogP contribution is 2.34. The van der Waals surface area contributed by atoms with Crippen LogP contribution in [0.3, 0.4) is 0 Å². The lowest BCUT2D eigenvalue weighted by molar-refractivity contribution is -0.123. The summed E-state index contributed by atoms with van der Waals surface area (Å²) in [5.41, 5.74) is -0.765. The Morgan fingerprint density at radius 2 is 2.23 bits per heavy atom. The van der Waals surface area contributed by atoms with Gasteiger partial charge in [-0.05, 0) is 18.9 Å². The van der Waals surface area contributed by atoms with E-state index in [9.17, 15) is 14.4 Å². The fourth-order valence-corrected chi connectivity index (χ4v) is 3.01. The molecule has 1 fully saturated rings. The summed E-state index contributed by atoms with van der Waals surface area (Å²) in [4.78, 5) is 40.2. The van der Waals surface area contributed by atoms with Gasteiger partial charge in [-0.15, -0.1) is 0 Å². The third kappa shape index (κ3) is 3.19. The molecule has 7 heteroatoms. The zero-order valence-electron chi connectivity index (χ0n) is 12.8. The average molecular weight is 307 g/mol. The smallest absolute Gasteiger partial charge is 0.270 e. The van der Waals surface area contributed by atoms with E-state index in [0.29, 0.717) is 13.0 Å². The normalized spacial score (nSPS) is 20.9. The van der Waals surface area contributed by atoms with Gasteiger partial charge in [-0.2, -0.15) is 0 Å². The highest BCUT2D eigenvalue weighted by molar-refractivity contribution is 5.93. The zero-order chi connectivity index (χ0) is 16.2. The predicted molar refractivity (Wildman–Crippen MR) is 80.6 cm³/mol. The van der Waals surface area contributed by atoms with Crippen LogP contribution in [0.5, 0.6) is 0 Å². The van der Waals surface area contributed by atoms with E-state index >= 15 is 0 Å². The van der Waals surface area contributed by atoms with Crippen LogP contribution in [0.1, 0.15) is 29.8 Å². The molecule has 0 aromatic carbocycles. The Kier molecular flexibility index (Phi) is 4.97. The maximum absolute atomic E-state index is 12.7. The van der Waals surface area contributed by atoms with E-state index in [1.807, 2.05) is 0 Å². The van der Waals surface area contributed by atoms with Gasteiger partial charge in [-0.1, -0.05) is 6.07 Å². The number of carbonyl (C=O) groups excluding carboxylic acids is 2. The number of nitrogens with one attached hydrogen (secondary N) is 2. The molecule has 0 aliphatic carbocycles. The summed E-state index contributed by atoms with van der Waals surface area (Å²) >= 11 is 0. The van der Waals surface area contributed by atoms with Gasteiger partial charge < -0.3 is 19.9 Å². The number of hydrogen-bond acceptors (Lipinski definition) is 4. The molecule has 0 spiro atoms. The van der Waals surface area contributed by atoms with E-state index < -0.39 is 5.54 Å². The number of rotatable bonds is 5. The van der Waals surface area contributed by atoms with Crippen molar-refractivity contribution >= 4 is 11.8 Å². The number of H-pyrrole nitrogens is 1. The fraction of sp³-hybridized carbons (Fsp3) is 0.533. The third-order valence-electron chi connectivity index (χ3n) is 4.02. The zero-order valence-corrected chi connectivity index (χ0v) is 12.8. The van der Waals surface area contributed by atoms with Gasteiger partial charge in [0.2, 0.25) is 11.5 Å². The molecule has 1 aliphatic heterocycles. The summed E-state index contributed by atoms with van der Waals surface area (Å²) < 4.78 is 5.27. The van der Waals surface area contributed by atoms with E-state index in [1.165, 1.54) is 6.07 Å². The summed E-state index contributed by atoms with van der Waals surface area (Å²) in [5, 5.41) is 2.59. The van der Waals surface area contributed by atoms with Gasteiger partial charge >= 0.3 is 0 Å². The van der Waals surface area contributed by atoms with Crippen molar-refractivity contribution in [2.45, 2.75) is 24.8 Å². The van der Waals surface area contributed by atoms with Crippen LogP contribution < -0.4 is 10.9 Å². The molecule has 2 amide bonds. The number of hydrogen-bond donors (Lipinski definition) is 2. The number of aromatic nitrogens is 1. The molecule has 120 valence electrons. The van der Waals surface area contributed by atoms with Crippen molar-refractivity contribution in [3.8, 4) is 0 Å². The second-order valence-electron chi connectivity index (χ2n) is 5.50. The number of aromatic amines is 1. The molecular formula is C15H21N3O4. The summed E-state index contributed by atoms with van der Waals surface area (Å²) in [7, 11) is 3.12. The van der Waals surface area contributed by atoms with Crippen molar-refractivity contribution in [1.29, 1.82) is 0 Å². The lowest BCUT2D eigenvalue weighted by Crippen LogP contribution is -2.53. The van der Waals surface area contributed by atoms with Crippen LogP contribution in [0.4, 0.5) is 0 Å². The predicted octanol–water partition coefficient (Wildman–Crippen LogP) is 0.132. The maximum Gasteiger partial charge on any atom is 0.270 e. The first-order valence-electron chi connectivity index (χ1n) is 7.23. The molecule has 0 radical (unpaired) electrons. The molecule has 22 heavy (non-hydrogen) atoms. The van der Waals surface area contributed by atoms with Crippen molar-refractivity contribution in [3.05, 3.63) is 34.2 Å². The van der Waals surface area contributed by atoms with Crippen molar-refractivity contribution in [2.75, 3.05) is 27.3 Å². The Morgan fingerprint density at radius 1 is 1.45 bits per heavy atom. The van der Waals surface area contributed by atoms with Crippen LogP contribution >= 0.6 is 0 Å². The van der Waals surface area contributed by atoms with Crippen LogP contribution in [-0.4, -0.2) is 54.5 Å². The number of amides is 2. The molecule has 0 unspecified atom stereocenters. The van der Waals surface area contributed by atoms with Gasteiger partial charge in [0.25, 0.3) is 5.91 Å². The number of carbonyl (C=O) groups is 2. The van der Waals surface area contributed by atoms with Crippen LogP contribution in [0.15, 0.2) is 23.0 Å². The second kappa shape index (κ2) is 6.74. The van der Waals surface area contributed by atoms with Gasteiger partial charge in [-0.25, -0.2) is 0 Å².